The summed E-state index contributed by atoms with van der Waals surface area (Å²) in [5.41, 5.74) is -1.45. The first kappa shape index (κ1) is 15.1. The lowest BCUT2D eigenvalue weighted by atomic mass is 9.83. The zero-order chi connectivity index (χ0) is 14.8. The molecule has 5 heteroatoms. The maximum Gasteiger partial charge on any atom is 0.303 e. The zero-order valence-electron chi connectivity index (χ0n) is 11.6. The largest absolute Gasteiger partial charge is 0.507 e. The predicted octanol–water partition coefficient (Wildman–Crippen LogP) is 2.02. The molecule has 5 nitrogen and oxygen atoms in total. The van der Waals surface area contributed by atoms with Crippen molar-refractivity contribution in [1.29, 1.82) is 0 Å². The predicted molar refractivity (Wildman–Crippen MR) is 68.5 cm³/mol. The third-order valence-electron chi connectivity index (χ3n) is 2.95. The molecule has 1 atom stereocenters. The molecule has 0 radical (unpaired) electrons. The van der Waals surface area contributed by atoms with E-state index in [2.05, 4.69) is 0 Å². The van der Waals surface area contributed by atoms with Crippen LogP contribution in [0.1, 0.15) is 40.5 Å². The molecule has 104 valence electrons. The van der Waals surface area contributed by atoms with Crippen LogP contribution in [0.15, 0.2) is 23.0 Å². The summed E-state index contributed by atoms with van der Waals surface area (Å²) in [6, 6.07) is 0. The van der Waals surface area contributed by atoms with E-state index in [1.807, 2.05) is 6.92 Å². The van der Waals surface area contributed by atoms with E-state index in [4.69, 9.17) is 4.74 Å². The number of ketones is 2. The zero-order valence-corrected chi connectivity index (χ0v) is 11.6. The van der Waals surface area contributed by atoms with Crippen LogP contribution >= 0.6 is 0 Å². The van der Waals surface area contributed by atoms with Gasteiger partial charge in [-0.15, -0.1) is 0 Å². The molecule has 1 aliphatic carbocycles. The van der Waals surface area contributed by atoms with E-state index in [1.54, 1.807) is 0 Å². The maximum absolute atomic E-state index is 12.1. The summed E-state index contributed by atoms with van der Waals surface area (Å²) in [6.45, 7) is 5.84. The average molecular weight is 266 g/mol. The molecule has 0 spiro atoms. The van der Waals surface area contributed by atoms with Gasteiger partial charge in [0.25, 0.3) is 0 Å². The Balaban J connectivity index is 3.27. The Hall–Kier alpha value is -1.91. The second-order valence-electron chi connectivity index (χ2n) is 4.73. The monoisotopic (exact) mass is 266 g/mol. The number of allylic oxidation sites excluding steroid dienone is 1. The molecule has 19 heavy (non-hydrogen) atoms. The number of aliphatic hydroxyl groups excluding tert-OH is 1. The topological polar surface area (TPSA) is 80.7 Å². The van der Waals surface area contributed by atoms with E-state index in [0.29, 0.717) is 6.42 Å². The minimum absolute atomic E-state index is 0.0331. The molecule has 0 aromatic heterocycles. The number of hydrogen-bond donors (Lipinski definition) is 1. The van der Waals surface area contributed by atoms with Gasteiger partial charge in [-0.2, -0.15) is 0 Å². The molecule has 0 aliphatic heterocycles. The van der Waals surface area contributed by atoms with Crippen LogP contribution < -0.4 is 0 Å². The number of ether oxygens (including phenoxy) is 1. The van der Waals surface area contributed by atoms with E-state index in [1.165, 1.54) is 26.8 Å². The van der Waals surface area contributed by atoms with Crippen molar-refractivity contribution >= 4 is 17.5 Å². The molecule has 1 rings (SSSR count). The van der Waals surface area contributed by atoms with Crippen molar-refractivity contribution in [3.05, 3.63) is 23.0 Å². The van der Waals surface area contributed by atoms with Crippen LogP contribution in [0.25, 0.3) is 0 Å². The first-order chi connectivity index (χ1) is 8.73. The summed E-state index contributed by atoms with van der Waals surface area (Å²) in [5.74, 6) is -1.74. The summed E-state index contributed by atoms with van der Waals surface area (Å²) in [6.07, 6.45) is 2.12. The molecule has 0 amide bonds. The number of aliphatic hydroxyl groups is 1. The van der Waals surface area contributed by atoms with Crippen molar-refractivity contribution in [1.82, 2.24) is 0 Å². The molecular formula is C14H18O5. The second kappa shape index (κ2) is 5.38. The van der Waals surface area contributed by atoms with Crippen LogP contribution in [0.4, 0.5) is 0 Å². The van der Waals surface area contributed by atoms with Gasteiger partial charge < -0.3 is 9.84 Å². The Kier molecular flexibility index (Phi) is 4.29. The number of carbonyl (C=O) groups excluding carboxylic acids is 3. The smallest absolute Gasteiger partial charge is 0.303 e. The van der Waals surface area contributed by atoms with Crippen molar-refractivity contribution in [2.75, 3.05) is 0 Å². The summed E-state index contributed by atoms with van der Waals surface area (Å²) in [4.78, 5) is 35.1. The molecule has 0 bridgehead atoms. The second-order valence-corrected chi connectivity index (χ2v) is 4.73. The lowest BCUT2D eigenvalue weighted by molar-refractivity contribution is -0.157. The third-order valence-corrected chi connectivity index (χ3v) is 2.95. The van der Waals surface area contributed by atoms with Crippen molar-refractivity contribution in [3.63, 3.8) is 0 Å². The van der Waals surface area contributed by atoms with Gasteiger partial charge in [-0.3, -0.25) is 14.4 Å². The summed E-state index contributed by atoms with van der Waals surface area (Å²) < 4.78 is 5.01. The van der Waals surface area contributed by atoms with Crippen molar-refractivity contribution in [3.8, 4) is 0 Å². The summed E-state index contributed by atoms with van der Waals surface area (Å²) in [5, 5.41) is 9.90. The van der Waals surface area contributed by atoms with E-state index >= 15 is 0 Å². The highest BCUT2D eigenvalue weighted by atomic mass is 16.6. The molecule has 1 N–H and O–H groups in total. The van der Waals surface area contributed by atoms with Gasteiger partial charge in [0.1, 0.15) is 5.76 Å². The van der Waals surface area contributed by atoms with Crippen LogP contribution in [-0.2, 0) is 19.1 Å². The number of rotatable bonds is 4. The molecule has 0 fully saturated rings. The lowest BCUT2D eigenvalue weighted by Crippen LogP contribution is -2.42. The van der Waals surface area contributed by atoms with E-state index in [0.717, 1.165) is 0 Å². The molecule has 0 unspecified atom stereocenters. The first-order valence-electron chi connectivity index (χ1n) is 6.13. The minimum atomic E-state index is -1.53. The molecular weight excluding hydrogens is 248 g/mol. The highest BCUT2D eigenvalue weighted by Crippen LogP contribution is 2.31. The van der Waals surface area contributed by atoms with Crippen LogP contribution in [0.3, 0.4) is 0 Å². The standard InChI is InChI=1S/C14H18O5/c1-5-6-11(16)10-7-14(4,19-9(3)15)13(18)8(2)12(10)17/h7,17H,5-6H2,1-4H3/t14-/m0/s1. The fraction of sp³-hybridized carbons (Fsp3) is 0.500. The van der Waals surface area contributed by atoms with E-state index in [-0.39, 0.29) is 29.1 Å². The maximum atomic E-state index is 12.1. The van der Waals surface area contributed by atoms with Crippen molar-refractivity contribution in [2.45, 2.75) is 46.1 Å². The number of esters is 1. The Morgan fingerprint density at radius 3 is 2.47 bits per heavy atom. The van der Waals surface area contributed by atoms with E-state index < -0.39 is 17.4 Å². The van der Waals surface area contributed by atoms with Gasteiger partial charge in [0.15, 0.2) is 11.4 Å². The summed E-state index contributed by atoms with van der Waals surface area (Å²) in [7, 11) is 0. The number of Topliss-reactive ketones (excluding diaryl/α,β-unsaturated/α-hetero) is 2. The molecule has 0 aromatic rings. The van der Waals surface area contributed by atoms with Crippen LogP contribution in [-0.4, -0.2) is 28.2 Å². The summed E-state index contributed by atoms with van der Waals surface area (Å²) >= 11 is 0. The molecule has 0 aromatic carbocycles. The Bertz CT molecular complexity index is 498. The Morgan fingerprint density at radius 1 is 1.42 bits per heavy atom. The van der Waals surface area contributed by atoms with Crippen LogP contribution in [0.5, 0.6) is 0 Å². The SMILES string of the molecule is CCCC(=O)C1=C[C@](C)(OC(C)=O)C(=O)C(C)=C1O. The quantitative estimate of drug-likeness (QED) is 0.787. The van der Waals surface area contributed by atoms with Crippen LogP contribution in [0.2, 0.25) is 0 Å². The molecule has 0 heterocycles. The molecule has 0 saturated heterocycles. The third kappa shape index (κ3) is 2.92. The lowest BCUT2D eigenvalue weighted by Gasteiger charge is -2.29. The van der Waals surface area contributed by atoms with Gasteiger partial charge in [-0.05, 0) is 26.3 Å². The Labute approximate surface area is 111 Å². The van der Waals surface area contributed by atoms with Gasteiger partial charge in [-0.25, -0.2) is 0 Å². The minimum Gasteiger partial charge on any atom is -0.507 e. The fourth-order valence-corrected chi connectivity index (χ4v) is 2.04. The van der Waals surface area contributed by atoms with Gasteiger partial charge in [0.2, 0.25) is 5.78 Å². The number of hydrogen-bond acceptors (Lipinski definition) is 5. The highest BCUT2D eigenvalue weighted by molar-refractivity contribution is 6.11. The van der Waals surface area contributed by atoms with Crippen molar-refractivity contribution in [2.24, 2.45) is 0 Å². The van der Waals surface area contributed by atoms with Gasteiger partial charge in [0.05, 0.1) is 5.57 Å². The Morgan fingerprint density at radius 2 is 2.00 bits per heavy atom. The van der Waals surface area contributed by atoms with E-state index in [9.17, 15) is 19.5 Å². The van der Waals surface area contributed by atoms with Gasteiger partial charge in [-0.1, -0.05) is 6.92 Å². The van der Waals surface area contributed by atoms with Gasteiger partial charge in [0, 0.05) is 18.9 Å². The molecule has 1 aliphatic rings. The van der Waals surface area contributed by atoms with Crippen molar-refractivity contribution < 1.29 is 24.2 Å². The molecule has 0 saturated carbocycles. The highest BCUT2D eigenvalue weighted by Gasteiger charge is 2.42. The normalized spacial score (nSPS) is 23.2. The average Bonchev–Trinajstić information content (AvgIpc) is 2.31. The first-order valence-corrected chi connectivity index (χ1v) is 6.13. The van der Waals surface area contributed by atoms with Gasteiger partial charge >= 0.3 is 5.97 Å². The van der Waals surface area contributed by atoms with Crippen LogP contribution in [0, 0.1) is 0 Å². The number of carbonyl (C=O) groups is 3. The fourth-order valence-electron chi connectivity index (χ4n) is 2.04.